The Morgan fingerprint density at radius 1 is 1.09 bits per heavy atom. The van der Waals surface area contributed by atoms with Crippen molar-refractivity contribution < 1.29 is 73.8 Å². The Labute approximate surface area is 175 Å². The predicted octanol–water partition coefficient (Wildman–Crippen LogP) is 0.438. The molecule has 0 saturated carbocycles. The average Bonchev–Trinajstić information content (AvgIpc) is 2.52. The number of ether oxygens (including phenoxy) is 2. The van der Waals surface area contributed by atoms with Gasteiger partial charge in [-0.3, -0.25) is 0 Å². The van der Waals surface area contributed by atoms with E-state index < -0.39 is 12.4 Å². The summed E-state index contributed by atoms with van der Waals surface area (Å²) < 4.78 is 49.4. The molecule has 2 aromatic carbocycles. The maximum Gasteiger partial charge on any atom is 1.00 e. The minimum Gasteiger partial charge on any atom is -0.491 e. The van der Waals surface area contributed by atoms with E-state index in [1.807, 2.05) is 24.3 Å². The Morgan fingerprint density at radius 3 is 2.65 bits per heavy atom. The maximum atomic E-state index is 12.7. The summed E-state index contributed by atoms with van der Waals surface area (Å²) in [6.07, 6.45) is 0.601. The number of benzene rings is 2. The molecule has 0 amide bonds. The van der Waals surface area contributed by atoms with E-state index in [1.165, 1.54) is 17.7 Å². The molecule has 1 heterocycles. The molecule has 0 N–H and O–H groups in total. The molecule has 1 atom stereocenters. The molecule has 3 rings (SSSR count). The van der Waals surface area contributed by atoms with Gasteiger partial charge in [-0.15, -0.1) is 5.46 Å². The summed E-state index contributed by atoms with van der Waals surface area (Å²) in [5.41, 5.74) is 1.60. The number of fused-ring (bicyclic) bond motifs is 1. The van der Waals surface area contributed by atoms with Gasteiger partial charge in [0.15, 0.2) is 0 Å². The Bertz CT molecular complexity index is 664. The van der Waals surface area contributed by atoms with Gasteiger partial charge in [-0.2, -0.15) is 0 Å². The van der Waals surface area contributed by atoms with E-state index in [0.717, 1.165) is 24.1 Å². The summed E-state index contributed by atoms with van der Waals surface area (Å²) in [7, 11) is 0. The smallest absolute Gasteiger partial charge is 0.491 e. The van der Waals surface area contributed by atoms with Crippen molar-refractivity contribution in [1.29, 1.82) is 0 Å². The normalized spacial score (nSPS) is 17.1. The van der Waals surface area contributed by atoms with Crippen LogP contribution in [-0.4, -0.2) is 20.2 Å². The van der Waals surface area contributed by atoms with Gasteiger partial charge >= 0.3 is 58.4 Å². The molecule has 23 heavy (non-hydrogen) atoms. The molecular formula is C16H15BF3KO2. The van der Waals surface area contributed by atoms with Crippen molar-refractivity contribution in [2.45, 2.75) is 12.5 Å². The van der Waals surface area contributed by atoms with Gasteiger partial charge in [-0.05, 0) is 29.7 Å². The predicted molar refractivity (Wildman–Crippen MR) is 79.5 cm³/mol. The van der Waals surface area contributed by atoms with Crippen molar-refractivity contribution in [3.8, 4) is 5.75 Å². The molecule has 1 aliphatic heterocycles. The molecule has 0 aromatic heterocycles. The van der Waals surface area contributed by atoms with Gasteiger partial charge < -0.3 is 22.4 Å². The molecule has 2 aromatic rings. The minimum absolute atomic E-state index is 0. The van der Waals surface area contributed by atoms with Crippen LogP contribution in [0.1, 0.15) is 17.2 Å². The second-order valence-electron chi connectivity index (χ2n) is 5.27. The second kappa shape index (κ2) is 8.18. The molecule has 0 aliphatic carbocycles. The van der Waals surface area contributed by atoms with E-state index in [9.17, 15) is 12.9 Å². The largest absolute Gasteiger partial charge is 1.00 e. The van der Waals surface area contributed by atoms with Crippen LogP contribution in [-0.2, 0) is 11.2 Å². The van der Waals surface area contributed by atoms with Gasteiger partial charge in [0, 0.05) is 0 Å². The molecule has 2 nitrogen and oxygen atoms in total. The first-order valence-electron chi connectivity index (χ1n) is 7.16. The van der Waals surface area contributed by atoms with Gasteiger partial charge in [0.05, 0.1) is 6.61 Å². The van der Waals surface area contributed by atoms with E-state index in [-0.39, 0.29) is 69.8 Å². The Hall–Kier alpha value is -0.309. The van der Waals surface area contributed by atoms with Crippen LogP contribution in [0.2, 0.25) is 0 Å². The monoisotopic (exact) mass is 346 g/mol. The molecular weight excluding hydrogens is 331 g/mol. The van der Waals surface area contributed by atoms with Crippen molar-refractivity contribution >= 4 is 12.4 Å². The van der Waals surface area contributed by atoms with Crippen molar-refractivity contribution in [2.24, 2.45) is 0 Å². The van der Waals surface area contributed by atoms with E-state index in [1.54, 1.807) is 0 Å². The quantitative estimate of drug-likeness (QED) is 0.748. The fraction of sp³-hybridized carbons (Fsp3) is 0.250. The molecule has 1 unspecified atom stereocenters. The van der Waals surface area contributed by atoms with Crippen molar-refractivity contribution in [2.75, 3.05) is 13.2 Å². The zero-order chi connectivity index (χ0) is 15.6. The summed E-state index contributed by atoms with van der Waals surface area (Å²) in [5.74, 6) is 0.211. The molecule has 0 fully saturated rings. The van der Waals surface area contributed by atoms with Crippen LogP contribution in [0.3, 0.4) is 0 Å². The second-order valence-corrected chi connectivity index (χ2v) is 5.27. The van der Waals surface area contributed by atoms with Crippen LogP contribution in [0.15, 0.2) is 48.5 Å². The standard InChI is InChI=1S/C16H15BF3O2.K/c18-17(19,20)13-5-3-6-14(10-13)22-11-16-15-7-2-1-4-12(15)8-9-21-16;/h1-7,10,16H,8-9,11H2;/q-1;+1. The number of rotatable bonds is 4. The number of halogens is 3. The third-order valence-electron chi connectivity index (χ3n) is 3.73. The fourth-order valence-corrected chi connectivity index (χ4v) is 2.59. The van der Waals surface area contributed by atoms with Crippen LogP contribution >= 0.6 is 0 Å². The summed E-state index contributed by atoms with van der Waals surface area (Å²) >= 11 is 0. The minimum atomic E-state index is -5.01. The number of hydrogen-bond donors (Lipinski definition) is 0. The van der Waals surface area contributed by atoms with Gasteiger partial charge in [0.2, 0.25) is 0 Å². The summed E-state index contributed by atoms with van der Waals surface area (Å²) in [6, 6.07) is 12.9. The van der Waals surface area contributed by atoms with Gasteiger partial charge in [0.1, 0.15) is 18.5 Å². The first-order valence-corrected chi connectivity index (χ1v) is 7.16. The van der Waals surface area contributed by atoms with Crippen molar-refractivity contribution in [3.63, 3.8) is 0 Å². The van der Waals surface area contributed by atoms with Crippen molar-refractivity contribution in [1.82, 2.24) is 0 Å². The van der Waals surface area contributed by atoms with Crippen LogP contribution in [0.25, 0.3) is 0 Å². The Morgan fingerprint density at radius 2 is 1.87 bits per heavy atom. The third kappa shape index (κ3) is 4.84. The maximum absolute atomic E-state index is 12.7. The zero-order valence-corrected chi connectivity index (χ0v) is 16.0. The SMILES string of the molecule is F[B-](F)(F)c1cccc(OCC2OCCc3ccccc32)c1.[K+]. The van der Waals surface area contributed by atoms with Crippen LogP contribution in [0, 0.1) is 0 Å². The van der Waals surface area contributed by atoms with Crippen LogP contribution in [0.4, 0.5) is 12.9 Å². The van der Waals surface area contributed by atoms with Crippen LogP contribution < -0.4 is 61.6 Å². The first kappa shape index (κ1) is 19.0. The van der Waals surface area contributed by atoms with Gasteiger partial charge in [0.25, 0.3) is 0 Å². The summed E-state index contributed by atoms with van der Waals surface area (Å²) in [4.78, 5) is 0. The summed E-state index contributed by atoms with van der Waals surface area (Å²) in [6.45, 7) is -4.22. The topological polar surface area (TPSA) is 18.5 Å². The van der Waals surface area contributed by atoms with Gasteiger partial charge in [-0.25, -0.2) is 0 Å². The first-order chi connectivity index (χ1) is 10.5. The van der Waals surface area contributed by atoms with E-state index >= 15 is 0 Å². The third-order valence-corrected chi connectivity index (χ3v) is 3.73. The average molecular weight is 346 g/mol. The van der Waals surface area contributed by atoms with E-state index in [4.69, 9.17) is 9.47 Å². The van der Waals surface area contributed by atoms with Crippen LogP contribution in [0.5, 0.6) is 5.75 Å². The molecule has 116 valence electrons. The van der Waals surface area contributed by atoms with Gasteiger partial charge in [-0.1, -0.05) is 36.4 Å². The number of hydrogen-bond acceptors (Lipinski definition) is 2. The molecule has 0 spiro atoms. The fourth-order valence-electron chi connectivity index (χ4n) is 2.59. The summed E-state index contributed by atoms with van der Waals surface area (Å²) in [5, 5.41) is 0. The van der Waals surface area contributed by atoms with Crippen molar-refractivity contribution in [3.05, 3.63) is 59.7 Å². The zero-order valence-electron chi connectivity index (χ0n) is 12.8. The molecule has 1 aliphatic rings. The molecule has 7 heteroatoms. The molecule has 0 saturated heterocycles. The Balaban J connectivity index is 0.00000192. The Kier molecular flexibility index (Phi) is 6.77. The van der Waals surface area contributed by atoms with E-state index in [0.29, 0.717) is 6.61 Å². The molecule has 0 bridgehead atoms. The molecule has 0 radical (unpaired) electrons. The van der Waals surface area contributed by atoms with E-state index in [2.05, 4.69) is 0 Å².